The topological polar surface area (TPSA) is 67.1 Å². The average Bonchev–Trinajstić information content (AvgIpc) is 3.05. The maximum atomic E-state index is 4.34. The van der Waals surface area contributed by atoms with Gasteiger partial charge in [0.25, 0.3) is 0 Å². The molecule has 6 nitrogen and oxygen atoms in total. The summed E-state index contributed by atoms with van der Waals surface area (Å²) in [6.07, 6.45) is 8.22. The molecule has 0 aliphatic heterocycles. The second kappa shape index (κ2) is 7.42. The Labute approximate surface area is 125 Å². The third-order valence-corrected chi connectivity index (χ3v) is 3.26. The number of nitrogens with zero attached hydrogens (tertiary/aromatic N) is 4. The summed E-state index contributed by atoms with van der Waals surface area (Å²) in [5, 5.41) is 6.65. The van der Waals surface area contributed by atoms with Gasteiger partial charge in [-0.3, -0.25) is 9.56 Å². The average molecular weight is 286 g/mol. The minimum Gasteiger partial charge on any atom is -0.354 e. The van der Waals surface area contributed by atoms with Crippen LogP contribution in [-0.4, -0.2) is 33.6 Å². The van der Waals surface area contributed by atoms with Gasteiger partial charge in [-0.15, -0.1) is 0 Å². The van der Waals surface area contributed by atoms with E-state index >= 15 is 0 Å². The molecule has 0 fully saturated rings. The quantitative estimate of drug-likeness (QED) is 0.649. The van der Waals surface area contributed by atoms with Crippen LogP contribution in [0.3, 0.4) is 0 Å². The third-order valence-electron chi connectivity index (χ3n) is 3.26. The molecule has 0 bridgehead atoms. The van der Waals surface area contributed by atoms with Gasteiger partial charge in [-0.2, -0.15) is 0 Å². The Bertz CT molecular complexity index is 576. The van der Waals surface area contributed by atoms with Gasteiger partial charge in [-0.25, -0.2) is 9.97 Å². The number of hydrogen-bond donors (Lipinski definition) is 2. The smallest absolute Gasteiger partial charge is 0.191 e. The van der Waals surface area contributed by atoms with Crippen LogP contribution in [0.15, 0.2) is 42.0 Å². The van der Waals surface area contributed by atoms with Crippen LogP contribution in [0.4, 0.5) is 0 Å². The Hall–Kier alpha value is -2.37. The summed E-state index contributed by atoms with van der Waals surface area (Å²) in [4.78, 5) is 12.6. The first-order valence-electron chi connectivity index (χ1n) is 7.13. The van der Waals surface area contributed by atoms with Gasteiger partial charge in [0.05, 0.1) is 0 Å². The first-order chi connectivity index (χ1) is 10.2. The number of aromatic nitrogens is 3. The van der Waals surface area contributed by atoms with Crippen LogP contribution in [0.2, 0.25) is 0 Å². The molecule has 2 heterocycles. The van der Waals surface area contributed by atoms with Crippen molar-refractivity contribution in [1.82, 2.24) is 25.2 Å². The van der Waals surface area contributed by atoms with Gasteiger partial charge in [0.2, 0.25) is 0 Å². The molecule has 1 atom stereocenters. The van der Waals surface area contributed by atoms with Gasteiger partial charge >= 0.3 is 0 Å². The number of hydrogen-bond acceptors (Lipinski definition) is 3. The fraction of sp³-hybridized carbons (Fsp3) is 0.400. The van der Waals surface area contributed by atoms with Gasteiger partial charge in [-0.05, 0) is 31.0 Å². The van der Waals surface area contributed by atoms with Crippen LogP contribution in [0.25, 0.3) is 5.82 Å². The maximum Gasteiger partial charge on any atom is 0.191 e. The van der Waals surface area contributed by atoms with E-state index in [1.165, 1.54) is 0 Å². The molecule has 2 aromatic heterocycles. The second-order valence-electron chi connectivity index (χ2n) is 4.87. The molecule has 2 aromatic rings. The molecule has 0 aliphatic rings. The van der Waals surface area contributed by atoms with E-state index in [0.717, 1.165) is 23.8 Å². The zero-order valence-electron chi connectivity index (χ0n) is 12.7. The van der Waals surface area contributed by atoms with Crippen molar-refractivity contribution >= 4 is 5.96 Å². The highest BCUT2D eigenvalue weighted by molar-refractivity contribution is 5.79. The zero-order valence-corrected chi connectivity index (χ0v) is 12.7. The summed E-state index contributed by atoms with van der Waals surface area (Å²) in [6.45, 7) is 4.97. The van der Waals surface area contributed by atoms with Gasteiger partial charge < -0.3 is 10.6 Å². The summed E-state index contributed by atoms with van der Waals surface area (Å²) in [5.74, 6) is 1.67. The fourth-order valence-corrected chi connectivity index (χ4v) is 1.82. The Balaban J connectivity index is 1.98. The minimum absolute atomic E-state index is 0.398. The van der Waals surface area contributed by atoms with Crippen LogP contribution in [0.5, 0.6) is 0 Å². The van der Waals surface area contributed by atoms with E-state index in [0.29, 0.717) is 12.6 Å². The molecule has 0 radical (unpaired) electrons. The molecule has 6 heteroatoms. The lowest BCUT2D eigenvalue weighted by Gasteiger charge is -2.16. The van der Waals surface area contributed by atoms with Crippen LogP contribution < -0.4 is 10.6 Å². The first kappa shape index (κ1) is 15.0. The molecule has 2 rings (SSSR count). The molecule has 1 unspecified atom stereocenters. The number of pyridine rings is 1. The lowest BCUT2D eigenvalue weighted by Crippen LogP contribution is -2.41. The molecule has 0 aromatic carbocycles. The van der Waals surface area contributed by atoms with Gasteiger partial charge in [0, 0.05) is 38.2 Å². The van der Waals surface area contributed by atoms with E-state index in [1.54, 1.807) is 25.8 Å². The molecular weight excluding hydrogens is 264 g/mol. The number of nitrogens with one attached hydrogen (secondary N) is 2. The molecule has 112 valence electrons. The van der Waals surface area contributed by atoms with Crippen molar-refractivity contribution in [3.05, 3.63) is 42.6 Å². The highest BCUT2D eigenvalue weighted by Gasteiger charge is 2.04. The predicted molar refractivity (Wildman–Crippen MR) is 84.4 cm³/mol. The number of imidazole rings is 1. The summed E-state index contributed by atoms with van der Waals surface area (Å²) in [7, 11) is 1.78. The minimum atomic E-state index is 0.398. The summed E-state index contributed by atoms with van der Waals surface area (Å²) in [5.41, 5.74) is 1.14. The van der Waals surface area contributed by atoms with Crippen molar-refractivity contribution in [2.75, 3.05) is 7.05 Å². The number of guanidine groups is 1. The van der Waals surface area contributed by atoms with E-state index in [9.17, 15) is 0 Å². The Morgan fingerprint density at radius 3 is 2.95 bits per heavy atom. The highest BCUT2D eigenvalue weighted by atomic mass is 15.2. The molecular formula is C15H22N6. The van der Waals surface area contributed by atoms with Crippen LogP contribution in [-0.2, 0) is 6.54 Å². The van der Waals surface area contributed by atoms with Crippen molar-refractivity contribution in [1.29, 1.82) is 0 Å². The van der Waals surface area contributed by atoms with Crippen molar-refractivity contribution in [3.8, 4) is 5.82 Å². The zero-order chi connectivity index (χ0) is 15.1. The largest absolute Gasteiger partial charge is 0.354 e. The molecule has 0 spiro atoms. The number of rotatable bonds is 5. The van der Waals surface area contributed by atoms with Crippen molar-refractivity contribution in [2.24, 2.45) is 4.99 Å². The van der Waals surface area contributed by atoms with E-state index < -0.39 is 0 Å². The van der Waals surface area contributed by atoms with E-state index in [1.807, 2.05) is 22.9 Å². The number of aliphatic imine (C=N–C) groups is 1. The molecule has 0 saturated carbocycles. The van der Waals surface area contributed by atoms with Gasteiger partial charge in [0.15, 0.2) is 5.96 Å². The molecule has 0 saturated heterocycles. The van der Waals surface area contributed by atoms with E-state index in [-0.39, 0.29) is 0 Å². The summed E-state index contributed by atoms with van der Waals surface area (Å²) >= 11 is 0. The standard InChI is InChI=1S/C15H22N6/c1-4-12(2)20-15(16-3)19-10-13-5-6-18-14(9-13)21-8-7-17-11-21/h5-9,11-12H,4,10H2,1-3H3,(H2,16,19,20). The van der Waals surface area contributed by atoms with Crippen LogP contribution >= 0.6 is 0 Å². The Morgan fingerprint density at radius 1 is 1.43 bits per heavy atom. The van der Waals surface area contributed by atoms with E-state index in [4.69, 9.17) is 0 Å². The van der Waals surface area contributed by atoms with Crippen molar-refractivity contribution in [3.63, 3.8) is 0 Å². The predicted octanol–water partition coefficient (Wildman–Crippen LogP) is 1.73. The SMILES string of the molecule is CCC(C)NC(=NC)NCc1ccnc(-n2ccnc2)c1. The monoisotopic (exact) mass is 286 g/mol. The van der Waals surface area contributed by atoms with Gasteiger partial charge in [0.1, 0.15) is 12.1 Å². The highest BCUT2D eigenvalue weighted by Crippen LogP contribution is 2.06. The Kier molecular flexibility index (Phi) is 5.31. The lowest BCUT2D eigenvalue weighted by molar-refractivity contribution is 0.624. The fourth-order valence-electron chi connectivity index (χ4n) is 1.82. The second-order valence-corrected chi connectivity index (χ2v) is 4.87. The van der Waals surface area contributed by atoms with E-state index in [2.05, 4.69) is 39.4 Å². The molecule has 0 amide bonds. The summed E-state index contributed by atoms with van der Waals surface area (Å²) in [6, 6.07) is 4.42. The van der Waals surface area contributed by atoms with Crippen molar-refractivity contribution < 1.29 is 0 Å². The van der Waals surface area contributed by atoms with Crippen LogP contribution in [0, 0.1) is 0 Å². The lowest BCUT2D eigenvalue weighted by atomic mass is 10.2. The Morgan fingerprint density at radius 2 is 2.29 bits per heavy atom. The first-order valence-corrected chi connectivity index (χ1v) is 7.13. The van der Waals surface area contributed by atoms with Crippen molar-refractivity contribution in [2.45, 2.75) is 32.9 Å². The molecule has 21 heavy (non-hydrogen) atoms. The molecule has 0 aliphatic carbocycles. The maximum absolute atomic E-state index is 4.34. The van der Waals surface area contributed by atoms with Gasteiger partial charge in [-0.1, -0.05) is 6.92 Å². The van der Waals surface area contributed by atoms with Crippen LogP contribution in [0.1, 0.15) is 25.8 Å². The third kappa shape index (κ3) is 4.30. The molecule has 2 N–H and O–H groups in total. The summed E-state index contributed by atoms with van der Waals surface area (Å²) < 4.78 is 1.88. The normalized spacial score (nSPS) is 13.0.